The first-order valence-corrected chi connectivity index (χ1v) is 12.9. The number of carbonyl (C=O) groups excluding carboxylic acids is 1. The Balaban J connectivity index is 1.34. The molecule has 2 N–H and O–H groups in total. The second-order valence-corrected chi connectivity index (χ2v) is 10.0. The van der Waals surface area contributed by atoms with E-state index in [1.54, 1.807) is 18.3 Å². The molecule has 1 aromatic carbocycles. The molecule has 2 amide bonds. The van der Waals surface area contributed by atoms with Crippen molar-refractivity contribution in [2.75, 3.05) is 13.1 Å². The van der Waals surface area contributed by atoms with Crippen molar-refractivity contribution in [1.82, 2.24) is 25.3 Å². The summed E-state index contributed by atoms with van der Waals surface area (Å²) in [5.74, 6) is 0.453. The van der Waals surface area contributed by atoms with E-state index in [2.05, 4.69) is 28.6 Å². The number of aliphatic imine (C=N–C) groups is 1. The molecule has 8 heteroatoms. The number of nitrogens with one attached hydrogen (secondary N) is 2. The number of benzene rings is 1. The molecule has 3 atom stereocenters. The number of urea groups is 1. The lowest BCUT2D eigenvalue weighted by Gasteiger charge is -2.36. The Morgan fingerprint density at radius 1 is 1.14 bits per heavy atom. The highest BCUT2D eigenvalue weighted by atomic mass is 19.1. The minimum atomic E-state index is -0.347. The number of nitrogens with zero attached hydrogens (tertiary/aromatic N) is 4. The van der Waals surface area contributed by atoms with Crippen LogP contribution < -0.4 is 10.6 Å². The van der Waals surface area contributed by atoms with Gasteiger partial charge in [0, 0.05) is 48.7 Å². The summed E-state index contributed by atoms with van der Waals surface area (Å²) in [5, 5.41) is 11.4. The standard InChI is InChI=1S/C27H35FN6O/c1-19(20-7-3-2-4-8-20)31-27(35)33-16-5-9-22(18-33)25-17-24(21-10-12-23(28)13-11-21)32-34(25)26-29-14-6-15-30-26/h6,10-15,17,19-20,22,26,29H,2-5,7-9,16,18H2,1H3,(H,31,35)/t19-,22?,26?/m0/s1. The number of likely N-dealkylation sites (tertiary alicyclic amines) is 1. The quantitative estimate of drug-likeness (QED) is 0.621. The van der Waals surface area contributed by atoms with Crippen molar-refractivity contribution >= 4 is 12.2 Å². The van der Waals surface area contributed by atoms with Gasteiger partial charge in [-0.25, -0.2) is 18.9 Å². The summed E-state index contributed by atoms with van der Waals surface area (Å²) < 4.78 is 15.4. The molecular formula is C27H35FN6O. The number of aromatic nitrogens is 2. The van der Waals surface area contributed by atoms with Gasteiger partial charge in [-0.2, -0.15) is 5.10 Å². The van der Waals surface area contributed by atoms with Gasteiger partial charge in [0.1, 0.15) is 5.82 Å². The van der Waals surface area contributed by atoms with Crippen LogP contribution in [0.25, 0.3) is 11.3 Å². The molecule has 35 heavy (non-hydrogen) atoms. The molecule has 2 aliphatic heterocycles. The van der Waals surface area contributed by atoms with Crippen molar-refractivity contribution < 1.29 is 9.18 Å². The van der Waals surface area contributed by atoms with Crippen LogP contribution >= 0.6 is 0 Å². The predicted octanol–water partition coefficient (Wildman–Crippen LogP) is 5.19. The molecule has 2 aromatic rings. The van der Waals surface area contributed by atoms with Crippen molar-refractivity contribution in [2.24, 2.45) is 10.9 Å². The third-order valence-corrected chi connectivity index (χ3v) is 7.63. The predicted molar refractivity (Wildman–Crippen MR) is 136 cm³/mol. The van der Waals surface area contributed by atoms with Crippen LogP contribution in [0.2, 0.25) is 0 Å². The van der Waals surface area contributed by atoms with Gasteiger partial charge in [-0.15, -0.1) is 0 Å². The van der Waals surface area contributed by atoms with Crippen LogP contribution in [0, 0.1) is 11.7 Å². The fourth-order valence-electron chi connectivity index (χ4n) is 5.61. The van der Waals surface area contributed by atoms with E-state index < -0.39 is 0 Å². The largest absolute Gasteiger partial charge is 0.352 e. The van der Waals surface area contributed by atoms with E-state index in [0.29, 0.717) is 12.5 Å². The average Bonchev–Trinajstić information content (AvgIpc) is 3.36. The summed E-state index contributed by atoms with van der Waals surface area (Å²) in [6, 6.07) is 8.70. The second kappa shape index (κ2) is 10.6. The zero-order valence-electron chi connectivity index (χ0n) is 20.4. The molecule has 0 spiro atoms. The highest BCUT2D eigenvalue weighted by Crippen LogP contribution is 2.32. The van der Waals surface area contributed by atoms with Crippen LogP contribution in [0.3, 0.4) is 0 Å². The van der Waals surface area contributed by atoms with E-state index in [1.165, 1.54) is 44.2 Å². The Morgan fingerprint density at radius 2 is 1.94 bits per heavy atom. The van der Waals surface area contributed by atoms with Gasteiger partial charge < -0.3 is 15.5 Å². The van der Waals surface area contributed by atoms with E-state index in [0.717, 1.165) is 36.3 Å². The molecule has 0 radical (unpaired) electrons. The minimum absolute atomic E-state index is 0.0364. The first-order valence-electron chi connectivity index (χ1n) is 12.9. The number of hydrogen-bond acceptors (Lipinski definition) is 4. The van der Waals surface area contributed by atoms with Crippen LogP contribution in [-0.4, -0.2) is 46.1 Å². The van der Waals surface area contributed by atoms with Crippen LogP contribution in [0.15, 0.2) is 47.6 Å². The molecule has 2 fully saturated rings. The molecule has 1 saturated carbocycles. The SMILES string of the molecule is C[C@H](NC(=O)N1CCCC(c2cc(-c3ccc(F)cc3)nn2C2N=CC=CN2)C1)C1CCCCC1. The summed E-state index contributed by atoms with van der Waals surface area (Å²) in [4.78, 5) is 19.7. The number of rotatable bonds is 5. The lowest BCUT2D eigenvalue weighted by molar-refractivity contribution is 0.167. The molecule has 1 saturated heterocycles. The molecule has 1 aliphatic carbocycles. The minimum Gasteiger partial charge on any atom is -0.352 e. The zero-order chi connectivity index (χ0) is 24.2. The average molecular weight is 479 g/mol. The summed E-state index contributed by atoms with van der Waals surface area (Å²) in [5.41, 5.74) is 2.67. The Kier molecular flexibility index (Phi) is 7.16. The van der Waals surface area contributed by atoms with Gasteiger partial charge in [-0.05, 0) is 74.9 Å². The lowest BCUT2D eigenvalue weighted by Crippen LogP contribution is -2.49. The number of hydrogen-bond donors (Lipinski definition) is 2. The van der Waals surface area contributed by atoms with Gasteiger partial charge >= 0.3 is 6.03 Å². The fraction of sp³-hybridized carbons (Fsp3) is 0.519. The number of halogens is 1. The number of piperidine rings is 1. The van der Waals surface area contributed by atoms with Crippen molar-refractivity contribution in [3.8, 4) is 11.3 Å². The Hall–Kier alpha value is -3.16. The highest BCUT2D eigenvalue weighted by molar-refractivity contribution is 5.75. The smallest absolute Gasteiger partial charge is 0.317 e. The monoisotopic (exact) mass is 478 g/mol. The fourth-order valence-corrected chi connectivity index (χ4v) is 5.61. The van der Waals surface area contributed by atoms with Crippen LogP contribution in [0.4, 0.5) is 9.18 Å². The van der Waals surface area contributed by atoms with Gasteiger partial charge in [0.15, 0.2) is 0 Å². The Bertz CT molecular complexity index is 1070. The van der Waals surface area contributed by atoms with E-state index in [1.807, 2.05) is 21.9 Å². The topological polar surface area (TPSA) is 74.5 Å². The summed E-state index contributed by atoms with van der Waals surface area (Å²) in [7, 11) is 0. The van der Waals surface area contributed by atoms with E-state index in [-0.39, 0.29) is 30.1 Å². The first kappa shape index (κ1) is 23.6. The van der Waals surface area contributed by atoms with Crippen molar-refractivity contribution in [2.45, 2.75) is 70.1 Å². The van der Waals surface area contributed by atoms with Crippen LogP contribution in [-0.2, 0) is 0 Å². The molecular weight excluding hydrogens is 443 g/mol. The van der Waals surface area contributed by atoms with Crippen molar-refractivity contribution in [1.29, 1.82) is 0 Å². The number of carbonyl (C=O) groups is 1. The molecule has 3 heterocycles. The zero-order valence-corrected chi connectivity index (χ0v) is 20.4. The van der Waals surface area contributed by atoms with Gasteiger partial charge in [0.2, 0.25) is 6.29 Å². The molecule has 3 aliphatic rings. The first-order chi connectivity index (χ1) is 17.1. The van der Waals surface area contributed by atoms with Crippen molar-refractivity contribution in [3.63, 3.8) is 0 Å². The van der Waals surface area contributed by atoms with Crippen molar-refractivity contribution in [3.05, 3.63) is 54.1 Å². The maximum Gasteiger partial charge on any atom is 0.317 e. The Morgan fingerprint density at radius 3 is 2.69 bits per heavy atom. The number of amides is 2. The third kappa shape index (κ3) is 5.41. The second-order valence-electron chi connectivity index (χ2n) is 10.0. The molecule has 2 unspecified atom stereocenters. The van der Waals surface area contributed by atoms with E-state index >= 15 is 0 Å². The maximum absolute atomic E-state index is 13.5. The van der Waals surface area contributed by atoms with Crippen LogP contribution in [0.5, 0.6) is 0 Å². The molecule has 1 aromatic heterocycles. The Labute approximate surface area is 206 Å². The third-order valence-electron chi connectivity index (χ3n) is 7.63. The van der Waals surface area contributed by atoms with Gasteiger partial charge in [-0.3, -0.25) is 0 Å². The van der Waals surface area contributed by atoms with E-state index in [4.69, 9.17) is 5.10 Å². The maximum atomic E-state index is 13.5. The normalized spacial score (nSPS) is 23.7. The van der Waals surface area contributed by atoms with E-state index in [9.17, 15) is 9.18 Å². The van der Waals surface area contributed by atoms with Gasteiger partial charge in [0.25, 0.3) is 0 Å². The number of allylic oxidation sites excluding steroid dienone is 1. The van der Waals surface area contributed by atoms with Gasteiger partial charge in [0.05, 0.1) is 5.69 Å². The molecule has 0 bridgehead atoms. The molecule has 5 rings (SSSR count). The lowest BCUT2D eigenvalue weighted by atomic mass is 9.84. The summed E-state index contributed by atoms with van der Waals surface area (Å²) in [6.45, 7) is 3.56. The van der Waals surface area contributed by atoms with Gasteiger partial charge in [-0.1, -0.05) is 19.3 Å². The molecule has 186 valence electrons. The van der Waals surface area contributed by atoms with Crippen LogP contribution in [0.1, 0.15) is 69.8 Å². The summed E-state index contributed by atoms with van der Waals surface area (Å²) in [6.07, 6.45) is 13.3. The molecule has 7 nitrogen and oxygen atoms in total. The summed E-state index contributed by atoms with van der Waals surface area (Å²) >= 11 is 0. The highest BCUT2D eigenvalue weighted by Gasteiger charge is 2.31.